The first-order valence-corrected chi connectivity index (χ1v) is 14.7. The third-order valence-corrected chi connectivity index (χ3v) is 8.71. The van der Waals surface area contributed by atoms with Gasteiger partial charge in [-0.2, -0.15) is 13.2 Å². The first-order chi connectivity index (χ1) is 20.8. The fraction of sp³-hybridized carbons (Fsp3) is 0.516. The Morgan fingerprint density at radius 2 is 1.86 bits per heavy atom. The molecule has 0 spiro atoms. The number of aliphatic hydroxyl groups is 1. The average molecular weight is 621 g/mol. The summed E-state index contributed by atoms with van der Waals surface area (Å²) in [4.78, 5) is 43.4. The highest BCUT2D eigenvalue weighted by Gasteiger charge is 2.44. The minimum atomic E-state index is -4.95. The second kappa shape index (κ2) is 12.4. The molecule has 0 atom stereocenters. The molecular formula is C31H36F4N4O5. The molecule has 3 aliphatic rings. The van der Waals surface area contributed by atoms with Gasteiger partial charge in [-0.15, -0.1) is 0 Å². The molecule has 2 aliphatic heterocycles. The third-order valence-electron chi connectivity index (χ3n) is 8.71. The molecule has 1 aromatic heterocycles. The van der Waals surface area contributed by atoms with Crippen LogP contribution in [0.5, 0.6) is 0 Å². The number of amides is 2. The van der Waals surface area contributed by atoms with Gasteiger partial charge < -0.3 is 30.4 Å². The molecule has 0 bridgehead atoms. The average Bonchev–Trinajstić information content (AvgIpc) is 3.45. The highest BCUT2D eigenvalue weighted by atomic mass is 19.4. The van der Waals surface area contributed by atoms with E-state index in [0.29, 0.717) is 19.4 Å². The number of β-amino-alcohol motifs (C(OH)–C–C–N with tert-alkyl or cyclic N) is 1. The molecule has 2 fully saturated rings. The lowest BCUT2D eigenvalue weighted by atomic mass is 9.75. The Kier molecular flexibility index (Phi) is 9.01. The van der Waals surface area contributed by atoms with Gasteiger partial charge in [0.25, 0.3) is 5.91 Å². The highest BCUT2D eigenvalue weighted by Crippen LogP contribution is 2.44. The van der Waals surface area contributed by atoms with Crippen LogP contribution in [-0.4, -0.2) is 71.5 Å². The van der Waals surface area contributed by atoms with Crippen molar-refractivity contribution >= 4 is 40.6 Å². The van der Waals surface area contributed by atoms with Crippen LogP contribution in [0.1, 0.15) is 77.8 Å². The number of benzene rings is 1. The molecule has 3 heterocycles. The summed E-state index contributed by atoms with van der Waals surface area (Å²) in [5, 5.41) is 16.1. The lowest BCUT2D eigenvalue weighted by molar-refractivity contribution is -0.138. The Morgan fingerprint density at radius 3 is 2.50 bits per heavy atom. The lowest BCUT2D eigenvalue weighted by Crippen LogP contribution is -2.47. The van der Waals surface area contributed by atoms with Gasteiger partial charge in [0.1, 0.15) is 12.4 Å². The van der Waals surface area contributed by atoms with Crippen LogP contribution >= 0.6 is 0 Å². The van der Waals surface area contributed by atoms with Crippen LogP contribution in [0.2, 0.25) is 0 Å². The zero-order valence-electron chi connectivity index (χ0n) is 24.6. The van der Waals surface area contributed by atoms with Crippen molar-refractivity contribution in [1.29, 1.82) is 0 Å². The molecule has 2 amide bonds. The van der Waals surface area contributed by atoms with Crippen molar-refractivity contribution in [2.75, 3.05) is 44.0 Å². The van der Waals surface area contributed by atoms with Crippen LogP contribution in [0.4, 0.5) is 28.9 Å². The molecule has 4 N–H and O–H groups in total. The highest BCUT2D eigenvalue weighted by molar-refractivity contribution is 6.36. The number of nitrogens with zero attached hydrogens (tertiary/aromatic N) is 1. The number of carbonyl (C=O) groups excluding carboxylic acids is 3. The number of aromatic nitrogens is 1. The number of piperidine rings is 1. The summed E-state index contributed by atoms with van der Waals surface area (Å²) in [5.41, 5.74) is -3.56. The van der Waals surface area contributed by atoms with Crippen molar-refractivity contribution in [1.82, 2.24) is 9.88 Å². The van der Waals surface area contributed by atoms with Crippen molar-refractivity contribution < 1.29 is 41.8 Å². The Morgan fingerprint density at radius 1 is 1.18 bits per heavy atom. The molecule has 9 nitrogen and oxygen atoms in total. The summed E-state index contributed by atoms with van der Waals surface area (Å²) in [5.74, 6) is -3.62. The van der Waals surface area contributed by atoms with E-state index in [0.717, 1.165) is 50.6 Å². The number of nitrogens with one attached hydrogen (secondary N) is 3. The molecule has 13 heteroatoms. The minimum absolute atomic E-state index is 0.00582. The third kappa shape index (κ3) is 6.59. The van der Waals surface area contributed by atoms with E-state index in [1.165, 1.54) is 14.0 Å². The zero-order chi connectivity index (χ0) is 31.8. The SMILES string of the molecule is COCC(=O)Nc1cc(F)cc2c1NC(=O)/C2=C\c1[nH]c(C)c(C(=O)C2CCC(O)(CN3CCCCC3)CC2)c1C(F)(F)F. The number of aromatic amines is 1. The van der Waals surface area contributed by atoms with Crippen molar-refractivity contribution in [2.24, 2.45) is 5.92 Å². The smallest absolute Gasteiger partial charge is 0.389 e. The monoisotopic (exact) mass is 620 g/mol. The topological polar surface area (TPSA) is 124 Å². The Hall–Kier alpha value is -3.55. The number of anilines is 2. The van der Waals surface area contributed by atoms with Crippen LogP contribution < -0.4 is 10.6 Å². The molecule has 1 saturated carbocycles. The summed E-state index contributed by atoms with van der Waals surface area (Å²) in [6, 6.07) is 1.96. The molecule has 0 radical (unpaired) electrons. The second-order valence-electron chi connectivity index (χ2n) is 12.0. The van der Waals surface area contributed by atoms with Crippen LogP contribution in [0.3, 0.4) is 0 Å². The Balaban J connectivity index is 1.43. The summed E-state index contributed by atoms with van der Waals surface area (Å²) < 4.78 is 63.0. The Labute approximate surface area is 252 Å². The van der Waals surface area contributed by atoms with Crippen molar-refractivity contribution in [3.8, 4) is 0 Å². The predicted molar refractivity (Wildman–Crippen MR) is 155 cm³/mol. The van der Waals surface area contributed by atoms with E-state index in [9.17, 15) is 37.1 Å². The molecular weight excluding hydrogens is 584 g/mol. The molecule has 5 rings (SSSR count). The number of Topliss-reactive ketones (excluding diaryl/α,β-unsaturated/α-hetero) is 1. The van der Waals surface area contributed by atoms with Crippen LogP contribution in [0.25, 0.3) is 11.6 Å². The van der Waals surface area contributed by atoms with Crippen molar-refractivity contribution in [3.05, 3.63) is 46.0 Å². The maximum Gasteiger partial charge on any atom is 0.419 e. The first kappa shape index (κ1) is 31.9. The van der Waals surface area contributed by atoms with Crippen LogP contribution in [0.15, 0.2) is 12.1 Å². The Bertz CT molecular complexity index is 1480. The maximum absolute atomic E-state index is 14.6. The number of H-pyrrole nitrogens is 1. The number of halogens is 4. The van der Waals surface area contributed by atoms with Gasteiger partial charge >= 0.3 is 6.18 Å². The molecule has 44 heavy (non-hydrogen) atoms. The summed E-state index contributed by atoms with van der Waals surface area (Å²) in [6.07, 6.45) is 0.429. The number of methoxy groups -OCH3 is 1. The van der Waals surface area contributed by atoms with E-state index >= 15 is 0 Å². The van der Waals surface area contributed by atoms with E-state index in [1.807, 2.05) is 0 Å². The van der Waals surface area contributed by atoms with Gasteiger partial charge in [-0.25, -0.2) is 4.39 Å². The number of fused-ring (bicyclic) bond motifs is 1. The number of ketones is 1. The van der Waals surface area contributed by atoms with E-state index in [2.05, 4.69) is 20.5 Å². The number of hydrogen-bond acceptors (Lipinski definition) is 6. The molecule has 1 saturated heterocycles. The van der Waals surface area contributed by atoms with Gasteiger partial charge in [0.05, 0.1) is 39.4 Å². The summed E-state index contributed by atoms with van der Waals surface area (Å²) in [7, 11) is 1.29. The molecule has 238 valence electrons. The van der Waals surface area contributed by atoms with Gasteiger partial charge in [0.15, 0.2) is 5.78 Å². The number of aryl methyl sites for hydroxylation is 1. The predicted octanol–water partition coefficient (Wildman–Crippen LogP) is 5.15. The fourth-order valence-corrected chi connectivity index (χ4v) is 6.63. The normalized spacial score (nSPS) is 23.5. The molecule has 1 aliphatic carbocycles. The van der Waals surface area contributed by atoms with E-state index in [4.69, 9.17) is 4.74 Å². The van der Waals surface area contributed by atoms with Crippen molar-refractivity contribution in [2.45, 2.75) is 63.6 Å². The zero-order valence-corrected chi connectivity index (χ0v) is 24.6. The van der Waals surface area contributed by atoms with E-state index in [1.54, 1.807) is 0 Å². The van der Waals surface area contributed by atoms with Gasteiger partial charge in [-0.05, 0) is 76.7 Å². The molecule has 2 aromatic rings. The van der Waals surface area contributed by atoms with E-state index in [-0.39, 0.29) is 47.7 Å². The largest absolute Gasteiger partial charge is 0.419 e. The molecule has 1 aromatic carbocycles. The second-order valence-corrected chi connectivity index (χ2v) is 12.0. The van der Waals surface area contributed by atoms with Crippen LogP contribution in [0, 0.1) is 18.7 Å². The quantitative estimate of drug-likeness (QED) is 0.184. The standard InChI is InChI=1S/C31H36F4N4O5/c1-17-25(28(41)18-6-8-30(43,9-7-18)16-39-10-4-3-5-11-39)26(31(33,34)35)22(36-17)14-21-20-12-19(32)13-23(27(20)38-29(21)42)37-24(40)15-44-2/h12-14,18,36,43H,3-11,15-16H2,1-2H3,(H,37,40)(H,38,42)/b21-14-. The van der Waals surface area contributed by atoms with E-state index < -0.39 is 57.9 Å². The first-order valence-electron chi connectivity index (χ1n) is 14.7. The van der Waals surface area contributed by atoms with Crippen molar-refractivity contribution in [3.63, 3.8) is 0 Å². The number of ether oxygens (including phenoxy) is 1. The van der Waals surface area contributed by atoms with Gasteiger partial charge in [-0.1, -0.05) is 6.42 Å². The van der Waals surface area contributed by atoms with Crippen LogP contribution in [-0.2, 0) is 20.5 Å². The minimum Gasteiger partial charge on any atom is -0.389 e. The number of likely N-dealkylation sites (tertiary alicyclic amines) is 1. The maximum atomic E-state index is 14.6. The number of rotatable bonds is 8. The molecule has 0 unspecified atom stereocenters. The van der Waals surface area contributed by atoms with Gasteiger partial charge in [0, 0.05) is 30.8 Å². The summed E-state index contributed by atoms with van der Waals surface area (Å²) >= 11 is 0. The fourth-order valence-electron chi connectivity index (χ4n) is 6.63. The van der Waals surface area contributed by atoms with Gasteiger partial charge in [0.2, 0.25) is 5.91 Å². The number of carbonyl (C=O) groups is 3. The lowest BCUT2D eigenvalue weighted by Gasteiger charge is -2.40. The number of hydrogen-bond donors (Lipinski definition) is 4. The van der Waals surface area contributed by atoms with Gasteiger partial charge in [-0.3, -0.25) is 14.4 Å². The summed E-state index contributed by atoms with van der Waals surface area (Å²) in [6.45, 7) is 3.32. The number of alkyl halides is 3.